The van der Waals surface area contributed by atoms with Crippen LogP contribution in [0.4, 0.5) is 0 Å². The molecule has 3 nitrogen and oxygen atoms in total. The van der Waals surface area contributed by atoms with Gasteiger partial charge in [0.05, 0.1) is 13.2 Å². The first-order chi connectivity index (χ1) is 6.36. The van der Waals surface area contributed by atoms with E-state index in [1.54, 1.807) is 11.9 Å². The first kappa shape index (κ1) is 9.49. The summed E-state index contributed by atoms with van der Waals surface area (Å²) in [6.07, 6.45) is 0. The molecule has 2 heterocycles. The molecule has 0 bridgehead atoms. The molecule has 0 aromatic carbocycles. The number of morpholine rings is 1. The highest BCUT2D eigenvalue weighted by atomic mass is 32.2. The summed E-state index contributed by atoms with van der Waals surface area (Å²) in [5, 5.41) is 0. The highest BCUT2D eigenvalue weighted by molar-refractivity contribution is 7.98. The van der Waals surface area contributed by atoms with Crippen LogP contribution in [0, 0.1) is 5.92 Å². The molecule has 13 heavy (non-hydrogen) atoms. The molecule has 0 spiro atoms. The van der Waals surface area contributed by atoms with Crippen molar-refractivity contribution in [2.75, 3.05) is 38.6 Å². The standard InChI is InChI=1S/C9H16N2OS/c1-8-7-13-10-9(8)6-11-2-4-12-5-3-11/h8H,2-7H2,1H3. The molecule has 1 atom stereocenters. The van der Waals surface area contributed by atoms with Crippen molar-refractivity contribution >= 4 is 17.7 Å². The van der Waals surface area contributed by atoms with Gasteiger partial charge in [0.1, 0.15) is 0 Å². The number of rotatable bonds is 2. The van der Waals surface area contributed by atoms with Crippen molar-refractivity contribution in [3.8, 4) is 0 Å². The fraction of sp³-hybridized carbons (Fsp3) is 0.889. The molecule has 2 aliphatic heterocycles. The number of ether oxygens (including phenoxy) is 1. The average Bonchev–Trinajstić information content (AvgIpc) is 2.54. The van der Waals surface area contributed by atoms with E-state index < -0.39 is 0 Å². The van der Waals surface area contributed by atoms with E-state index in [9.17, 15) is 0 Å². The first-order valence-corrected chi connectivity index (χ1v) is 5.79. The van der Waals surface area contributed by atoms with Crippen molar-refractivity contribution in [2.24, 2.45) is 10.3 Å². The molecule has 1 unspecified atom stereocenters. The molecule has 1 fully saturated rings. The largest absolute Gasteiger partial charge is 0.379 e. The van der Waals surface area contributed by atoms with E-state index in [1.807, 2.05) is 0 Å². The number of hydrogen-bond donors (Lipinski definition) is 0. The predicted octanol–water partition coefficient (Wildman–Crippen LogP) is 1.06. The van der Waals surface area contributed by atoms with Gasteiger partial charge in [0.2, 0.25) is 0 Å². The van der Waals surface area contributed by atoms with Gasteiger partial charge in [0.15, 0.2) is 0 Å². The first-order valence-electron chi connectivity index (χ1n) is 4.85. The molecule has 0 aromatic heterocycles. The van der Waals surface area contributed by atoms with Gasteiger partial charge in [-0.1, -0.05) is 6.92 Å². The third-order valence-corrected chi connectivity index (χ3v) is 3.58. The molecule has 0 amide bonds. The SMILES string of the molecule is CC1CSN=C1CN1CCOCC1. The molecular formula is C9H16N2OS. The van der Waals surface area contributed by atoms with Gasteiger partial charge in [-0.2, -0.15) is 0 Å². The Morgan fingerprint density at radius 1 is 1.54 bits per heavy atom. The molecule has 2 aliphatic rings. The second-order valence-corrected chi connectivity index (χ2v) is 4.44. The van der Waals surface area contributed by atoms with Gasteiger partial charge >= 0.3 is 0 Å². The zero-order chi connectivity index (χ0) is 9.10. The minimum Gasteiger partial charge on any atom is -0.379 e. The normalized spacial score (nSPS) is 30.5. The van der Waals surface area contributed by atoms with Gasteiger partial charge in [0.25, 0.3) is 0 Å². The van der Waals surface area contributed by atoms with Crippen molar-refractivity contribution < 1.29 is 4.74 Å². The van der Waals surface area contributed by atoms with Crippen molar-refractivity contribution in [3.05, 3.63) is 0 Å². The highest BCUT2D eigenvalue weighted by Crippen LogP contribution is 2.21. The third kappa shape index (κ3) is 2.45. The molecular weight excluding hydrogens is 184 g/mol. The van der Waals surface area contributed by atoms with Crippen molar-refractivity contribution in [3.63, 3.8) is 0 Å². The Bertz CT molecular complexity index is 202. The van der Waals surface area contributed by atoms with Gasteiger partial charge in [0, 0.05) is 37.0 Å². The Morgan fingerprint density at radius 3 is 2.92 bits per heavy atom. The molecule has 0 aromatic rings. The quantitative estimate of drug-likeness (QED) is 0.623. The summed E-state index contributed by atoms with van der Waals surface area (Å²) in [6, 6.07) is 0. The van der Waals surface area contributed by atoms with E-state index in [0.29, 0.717) is 5.92 Å². The van der Waals surface area contributed by atoms with Crippen LogP contribution in [-0.4, -0.2) is 49.2 Å². The summed E-state index contributed by atoms with van der Waals surface area (Å²) in [7, 11) is 0. The predicted molar refractivity (Wildman–Crippen MR) is 56.3 cm³/mol. The Hall–Kier alpha value is -0.0600. The monoisotopic (exact) mass is 200 g/mol. The molecule has 0 radical (unpaired) electrons. The fourth-order valence-electron chi connectivity index (χ4n) is 1.59. The summed E-state index contributed by atoms with van der Waals surface area (Å²) in [5.74, 6) is 1.84. The lowest BCUT2D eigenvalue weighted by atomic mass is 10.1. The Labute approximate surface area is 83.7 Å². The van der Waals surface area contributed by atoms with E-state index in [4.69, 9.17) is 4.74 Å². The molecule has 1 saturated heterocycles. The summed E-state index contributed by atoms with van der Waals surface area (Å²) >= 11 is 1.71. The van der Waals surface area contributed by atoms with E-state index in [1.165, 1.54) is 11.5 Å². The van der Waals surface area contributed by atoms with Gasteiger partial charge < -0.3 is 4.74 Å². The van der Waals surface area contributed by atoms with Crippen LogP contribution in [0.25, 0.3) is 0 Å². The van der Waals surface area contributed by atoms with Gasteiger partial charge in [-0.25, -0.2) is 4.40 Å². The lowest BCUT2D eigenvalue weighted by molar-refractivity contribution is 0.0450. The summed E-state index contributed by atoms with van der Waals surface area (Å²) in [5.41, 5.74) is 1.37. The fourth-order valence-corrected chi connectivity index (χ4v) is 2.49. The maximum absolute atomic E-state index is 5.30. The number of nitrogens with zero attached hydrogens (tertiary/aromatic N) is 2. The van der Waals surface area contributed by atoms with Crippen LogP contribution in [0.2, 0.25) is 0 Å². The average molecular weight is 200 g/mol. The van der Waals surface area contributed by atoms with Crippen molar-refractivity contribution in [2.45, 2.75) is 6.92 Å². The smallest absolute Gasteiger partial charge is 0.0594 e. The van der Waals surface area contributed by atoms with Gasteiger partial charge in [-0.15, -0.1) is 0 Å². The van der Waals surface area contributed by atoms with Crippen molar-refractivity contribution in [1.29, 1.82) is 0 Å². The van der Waals surface area contributed by atoms with E-state index in [2.05, 4.69) is 16.2 Å². The Balaban J connectivity index is 1.82. The van der Waals surface area contributed by atoms with Gasteiger partial charge in [-0.3, -0.25) is 4.90 Å². The van der Waals surface area contributed by atoms with Gasteiger partial charge in [-0.05, 0) is 11.9 Å². The maximum Gasteiger partial charge on any atom is 0.0594 e. The van der Waals surface area contributed by atoms with E-state index in [-0.39, 0.29) is 0 Å². The Morgan fingerprint density at radius 2 is 2.31 bits per heavy atom. The second-order valence-electron chi connectivity index (χ2n) is 3.67. The van der Waals surface area contributed by atoms with Crippen LogP contribution in [0.1, 0.15) is 6.92 Å². The van der Waals surface area contributed by atoms with E-state index in [0.717, 1.165) is 32.8 Å². The molecule has 4 heteroatoms. The van der Waals surface area contributed by atoms with Crippen LogP contribution in [0.5, 0.6) is 0 Å². The third-order valence-electron chi connectivity index (χ3n) is 2.56. The molecule has 0 saturated carbocycles. The highest BCUT2D eigenvalue weighted by Gasteiger charge is 2.20. The van der Waals surface area contributed by atoms with Crippen LogP contribution in [0.15, 0.2) is 4.40 Å². The van der Waals surface area contributed by atoms with Crippen LogP contribution in [-0.2, 0) is 4.74 Å². The lowest BCUT2D eigenvalue weighted by Gasteiger charge is -2.27. The number of hydrogen-bond acceptors (Lipinski definition) is 4. The van der Waals surface area contributed by atoms with E-state index >= 15 is 0 Å². The molecule has 74 valence electrons. The minimum atomic E-state index is 0.674. The van der Waals surface area contributed by atoms with Crippen LogP contribution in [0.3, 0.4) is 0 Å². The second kappa shape index (κ2) is 4.44. The molecule has 2 rings (SSSR count). The zero-order valence-electron chi connectivity index (χ0n) is 8.03. The minimum absolute atomic E-state index is 0.674. The van der Waals surface area contributed by atoms with Crippen LogP contribution < -0.4 is 0 Å². The zero-order valence-corrected chi connectivity index (χ0v) is 8.85. The maximum atomic E-state index is 5.30. The molecule has 0 N–H and O–H groups in total. The lowest BCUT2D eigenvalue weighted by Crippen LogP contribution is -2.40. The molecule has 0 aliphatic carbocycles. The van der Waals surface area contributed by atoms with Crippen LogP contribution >= 0.6 is 11.9 Å². The topological polar surface area (TPSA) is 24.8 Å². The summed E-state index contributed by atoms with van der Waals surface area (Å²) in [6.45, 7) is 7.22. The summed E-state index contributed by atoms with van der Waals surface area (Å²) < 4.78 is 9.77. The summed E-state index contributed by atoms with van der Waals surface area (Å²) in [4.78, 5) is 2.44. The van der Waals surface area contributed by atoms with Crippen molar-refractivity contribution in [1.82, 2.24) is 4.90 Å². The Kier molecular flexibility index (Phi) is 3.24.